The van der Waals surface area contributed by atoms with Crippen molar-refractivity contribution in [3.63, 3.8) is 0 Å². The van der Waals surface area contributed by atoms with Crippen molar-refractivity contribution in [1.82, 2.24) is 4.90 Å². The van der Waals surface area contributed by atoms with Crippen LogP contribution >= 0.6 is 0 Å². The van der Waals surface area contributed by atoms with E-state index in [2.05, 4.69) is 5.32 Å². The van der Waals surface area contributed by atoms with Gasteiger partial charge in [0.05, 0.1) is 23.4 Å². The van der Waals surface area contributed by atoms with Crippen LogP contribution in [0.1, 0.15) is 42.2 Å². The number of amides is 3. The summed E-state index contributed by atoms with van der Waals surface area (Å²) < 4.78 is 42.6. The molecule has 0 fully saturated rings. The average Bonchev–Trinajstić information content (AvgIpc) is 3.03. The summed E-state index contributed by atoms with van der Waals surface area (Å²) >= 11 is 0. The lowest BCUT2D eigenvalue weighted by Crippen LogP contribution is -2.29. The number of imide groups is 1. The molecule has 3 amide bonds. The minimum Gasteiger partial charge on any atom is -0.482 e. The Kier molecular flexibility index (Phi) is 6.10. The standard InChI is InChI=1S/C25H19F3N2O4/c1-15-7-10-20(21(11-15)34-14-25(26,27)28)29-22(31)17-8-9-18-19(12-17)24(33)30(23(18)32)13-16-5-3-2-4-6-16/h2-12H,13-14H2,1H3,(H,29,31). The van der Waals surface area contributed by atoms with E-state index < -0.39 is 30.5 Å². The number of benzene rings is 3. The van der Waals surface area contributed by atoms with E-state index in [-0.39, 0.29) is 34.7 Å². The Bertz CT molecular complexity index is 1270. The number of aryl methyl sites for hydroxylation is 1. The molecule has 4 rings (SSSR count). The van der Waals surface area contributed by atoms with Crippen molar-refractivity contribution in [3.8, 4) is 5.75 Å². The molecule has 3 aromatic rings. The van der Waals surface area contributed by atoms with Gasteiger partial charge in [-0.15, -0.1) is 0 Å². The van der Waals surface area contributed by atoms with Crippen LogP contribution in [0.5, 0.6) is 5.75 Å². The normalized spacial score (nSPS) is 13.1. The van der Waals surface area contributed by atoms with E-state index in [4.69, 9.17) is 4.74 Å². The first-order valence-corrected chi connectivity index (χ1v) is 10.3. The van der Waals surface area contributed by atoms with Crippen molar-refractivity contribution in [2.75, 3.05) is 11.9 Å². The van der Waals surface area contributed by atoms with Gasteiger partial charge in [-0.2, -0.15) is 13.2 Å². The molecule has 0 spiro atoms. The number of ether oxygens (including phenoxy) is 1. The second-order valence-corrected chi connectivity index (χ2v) is 7.80. The fourth-order valence-corrected chi connectivity index (χ4v) is 3.55. The molecule has 174 valence electrons. The van der Waals surface area contributed by atoms with Crippen LogP contribution in [0.4, 0.5) is 18.9 Å². The lowest BCUT2D eigenvalue weighted by molar-refractivity contribution is -0.153. The fourth-order valence-electron chi connectivity index (χ4n) is 3.55. The molecule has 0 saturated carbocycles. The summed E-state index contributed by atoms with van der Waals surface area (Å²) in [7, 11) is 0. The highest BCUT2D eigenvalue weighted by Gasteiger charge is 2.36. The van der Waals surface area contributed by atoms with Crippen LogP contribution in [0.3, 0.4) is 0 Å². The molecule has 6 nitrogen and oxygen atoms in total. The molecule has 1 aliphatic rings. The van der Waals surface area contributed by atoms with Crippen LogP contribution in [0.2, 0.25) is 0 Å². The molecule has 0 saturated heterocycles. The van der Waals surface area contributed by atoms with Gasteiger partial charge in [0.1, 0.15) is 5.75 Å². The SMILES string of the molecule is Cc1ccc(NC(=O)c2ccc3c(c2)C(=O)N(Cc2ccccc2)C3=O)c(OCC(F)(F)F)c1. The summed E-state index contributed by atoms with van der Waals surface area (Å²) in [5, 5.41) is 2.52. The summed E-state index contributed by atoms with van der Waals surface area (Å²) in [5.74, 6) is -1.78. The van der Waals surface area contributed by atoms with Crippen LogP contribution in [0.15, 0.2) is 66.7 Å². The number of halogens is 3. The number of carbonyl (C=O) groups excluding carboxylic acids is 3. The maximum Gasteiger partial charge on any atom is 0.422 e. The zero-order valence-electron chi connectivity index (χ0n) is 18.0. The molecule has 0 unspecified atom stereocenters. The second kappa shape index (κ2) is 9.01. The van der Waals surface area contributed by atoms with E-state index in [0.29, 0.717) is 5.56 Å². The Morgan fingerprint density at radius 1 is 0.941 bits per heavy atom. The van der Waals surface area contributed by atoms with E-state index in [1.807, 2.05) is 6.07 Å². The van der Waals surface area contributed by atoms with Gasteiger partial charge in [0.15, 0.2) is 6.61 Å². The number of fused-ring (bicyclic) bond motifs is 1. The molecule has 3 aromatic carbocycles. The molecular weight excluding hydrogens is 449 g/mol. The molecular formula is C25H19F3N2O4. The smallest absolute Gasteiger partial charge is 0.422 e. The third-order valence-corrected chi connectivity index (χ3v) is 5.19. The summed E-state index contributed by atoms with van der Waals surface area (Å²) in [5.41, 5.74) is 1.82. The van der Waals surface area contributed by atoms with Gasteiger partial charge in [0, 0.05) is 5.56 Å². The molecule has 0 radical (unpaired) electrons. The fraction of sp³-hybridized carbons (Fsp3) is 0.160. The van der Waals surface area contributed by atoms with Crippen molar-refractivity contribution in [2.45, 2.75) is 19.6 Å². The minimum absolute atomic E-state index is 0.0495. The predicted octanol–water partition coefficient (Wildman–Crippen LogP) is 4.98. The van der Waals surface area contributed by atoms with Crippen molar-refractivity contribution in [2.24, 2.45) is 0 Å². The van der Waals surface area contributed by atoms with E-state index in [9.17, 15) is 27.6 Å². The number of hydrogen-bond acceptors (Lipinski definition) is 4. The number of carbonyl (C=O) groups is 3. The number of rotatable bonds is 6. The Labute approximate surface area is 192 Å². The molecule has 0 bridgehead atoms. The Hall–Kier alpha value is -4.14. The van der Waals surface area contributed by atoms with E-state index in [1.54, 1.807) is 37.3 Å². The number of hydrogen-bond donors (Lipinski definition) is 1. The van der Waals surface area contributed by atoms with Crippen LogP contribution in [-0.4, -0.2) is 35.4 Å². The highest BCUT2D eigenvalue weighted by Crippen LogP contribution is 2.30. The van der Waals surface area contributed by atoms with Gasteiger partial charge in [-0.05, 0) is 48.4 Å². The Morgan fingerprint density at radius 2 is 1.65 bits per heavy atom. The lowest BCUT2D eigenvalue weighted by atomic mass is 10.1. The molecule has 1 aliphatic heterocycles. The van der Waals surface area contributed by atoms with Gasteiger partial charge in [0.2, 0.25) is 0 Å². The first-order chi connectivity index (χ1) is 16.1. The van der Waals surface area contributed by atoms with E-state index in [0.717, 1.165) is 10.5 Å². The second-order valence-electron chi connectivity index (χ2n) is 7.80. The Morgan fingerprint density at radius 3 is 2.35 bits per heavy atom. The van der Waals surface area contributed by atoms with Crippen LogP contribution in [-0.2, 0) is 6.54 Å². The zero-order chi connectivity index (χ0) is 24.5. The highest BCUT2D eigenvalue weighted by atomic mass is 19.4. The van der Waals surface area contributed by atoms with Gasteiger partial charge in [-0.1, -0.05) is 36.4 Å². The number of alkyl halides is 3. The Balaban J connectivity index is 1.54. The number of nitrogens with one attached hydrogen (secondary N) is 1. The van der Waals surface area contributed by atoms with Gasteiger partial charge in [-0.25, -0.2) is 0 Å². The van der Waals surface area contributed by atoms with E-state index >= 15 is 0 Å². The quantitative estimate of drug-likeness (QED) is 0.518. The highest BCUT2D eigenvalue weighted by molar-refractivity contribution is 6.22. The zero-order valence-corrected chi connectivity index (χ0v) is 18.0. The van der Waals surface area contributed by atoms with E-state index in [1.165, 1.54) is 30.3 Å². The lowest BCUT2D eigenvalue weighted by Gasteiger charge is -2.15. The topological polar surface area (TPSA) is 75.7 Å². The van der Waals surface area contributed by atoms with Crippen LogP contribution in [0, 0.1) is 6.92 Å². The van der Waals surface area contributed by atoms with Gasteiger partial charge >= 0.3 is 6.18 Å². The molecule has 0 atom stereocenters. The predicted molar refractivity (Wildman–Crippen MR) is 118 cm³/mol. The summed E-state index contributed by atoms with van der Waals surface area (Å²) in [4.78, 5) is 39.5. The summed E-state index contributed by atoms with van der Waals surface area (Å²) in [6, 6.07) is 17.5. The maximum atomic E-state index is 12.9. The number of nitrogens with zero attached hydrogens (tertiary/aromatic N) is 1. The van der Waals surface area contributed by atoms with Crippen molar-refractivity contribution in [3.05, 3.63) is 94.5 Å². The maximum absolute atomic E-state index is 12.9. The summed E-state index contributed by atoms with van der Waals surface area (Å²) in [6.45, 7) is 0.264. The molecule has 9 heteroatoms. The van der Waals surface area contributed by atoms with Gasteiger partial charge in [0.25, 0.3) is 17.7 Å². The minimum atomic E-state index is -4.54. The van der Waals surface area contributed by atoms with Crippen molar-refractivity contribution in [1.29, 1.82) is 0 Å². The van der Waals surface area contributed by atoms with Gasteiger partial charge < -0.3 is 10.1 Å². The molecule has 0 aliphatic carbocycles. The first kappa shape index (κ1) is 23.0. The molecule has 0 aromatic heterocycles. The molecule has 1 N–H and O–H groups in total. The largest absolute Gasteiger partial charge is 0.482 e. The van der Waals surface area contributed by atoms with Crippen LogP contribution in [0.25, 0.3) is 0 Å². The van der Waals surface area contributed by atoms with Crippen molar-refractivity contribution >= 4 is 23.4 Å². The van der Waals surface area contributed by atoms with Crippen molar-refractivity contribution < 1.29 is 32.3 Å². The molecule has 1 heterocycles. The van der Waals surface area contributed by atoms with Crippen LogP contribution < -0.4 is 10.1 Å². The first-order valence-electron chi connectivity index (χ1n) is 10.3. The third-order valence-electron chi connectivity index (χ3n) is 5.19. The van der Waals surface area contributed by atoms with Gasteiger partial charge in [-0.3, -0.25) is 19.3 Å². The monoisotopic (exact) mass is 468 g/mol. The summed E-state index contributed by atoms with van der Waals surface area (Å²) in [6.07, 6.45) is -4.54. The molecule has 34 heavy (non-hydrogen) atoms. The number of anilines is 1. The average molecular weight is 468 g/mol. The third kappa shape index (κ3) is 4.93.